The lowest BCUT2D eigenvalue weighted by Gasteiger charge is -2.13. The summed E-state index contributed by atoms with van der Waals surface area (Å²) in [7, 11) is 0. The van der Waals surface area contributed by atoms with Gasteiger partial charge in [0.05, 0.1) is 5.56 Å². The SMILES string of the molecule is CC(=O)c1ccc(Oc2ccc(F)c(F)c2)cc1C(F)(F)F. The number of ether oxygens (including phenoxy) is 1. The van der Waals surface area contributed by atoms with Crippen LogP contribution in [-0.4, -0.2) is 5.78 Å². The molecule has 0 saturated carbocycles. The topological polar surface area (TPSA) is 26.3 Å². The first-order valence-electron chi connectivity index (χ1n) is 6.03. The zero-order valence-electron chi connectivity index (χ0n) is 11.2. The van der Waals surface area contributed by atoms with E-state index in [-0.39, 0.29) is 11.5 Å². The molecule has 0 atom stereocenters. The Balaban J connectivity index is 2.40. The van der Waals surface area contributed by atoms with Gasteiger partial charge < -0.3 is 4.74 Å². The van der Waals surface area contributed by atoms with Crippen molar-refractivity contribution in [2.45, 2.75) is 13.1 Å². The fourth-order valence-electron chi connectivity index (χ4n) is 1.80. The number of ketones is 1. The van der Waals surface area contributed by atoms with Gasteiger partial charge in [0.1, 0.15) is 11.5 Å². The highest BCUT2D eigenvalue weighted by Gasteiger charge is 2.35. The molecule has 2 rings (SSSR count). The number of halogens is 5. The Labute approximate surface area is 122 Å². The number of benzene rings is 2. The molecule has 0 aliphatic carbocycles. The van der Waals surface area contributed by atoms with E-state index in [1.165, 1.54) is 0 Å². The second kappa shape index (κ2) is 5.75. The van der Waals surface area contributed by atoms with E-state index in [2.05, 4.69) is 0 Å². The average molecular weight is 316 g/mol. The summed E-state index contributed by atoms with van der Waals surface area (Å²) < 4.78 is 69.7. The van der Waals surface area contributed by atoms with Crippen LogP contribution in [0, 0.1) is 11.6 Å². The molecule has 0 aliphatic rings. The van der Waals surface area contributed by atoms with Crippen LogP contribution in [0.1, 0.15) is 22.8 Å². The second-order valence-corrected chi connectivity index (χ2v) is 4.44. The maximum absolute atomic E-state index is 13.0. The van der Waals surface area contributed by atoms with E-state index in [4.69, 9.17) is 4.74 Å². The summed E-state index contributed by atoms with van der Waals surface area (Å²) in [5.74, 6) is -3.44. The first kappa shape index (κ1) is 15.9. The Morgan fingerprint density at radius 3 is 2.09 bits per heavy atom. The first-order chi connectivity index (χ1) is 10.2. The van der Waals surface area contributed by atoms with Crippen molar-refractivity contribution in [2.24, 2.45) is 0 Å². The van der Waals surface area contributed by atoms with E-state index in [9.17, 15) is 26.7 Å². The lowest BCUT2D eigenvalue weighted by atomic mass is 10.0. The highest BCUT2D eigenvalue weighted by Crippen LogP contribution is 2.35. The molecular weight excluding hydrogens is 307 g/mol. The second-order valence-electron chi connectivity index (χ2n) is 4.44. The summed E-state index contributed by atoms with van der Waals surface area (Å²) >= 11 is 0. The molecule has 116 valence electrons. The lowest BCUT2D eigenvalue weighted by Crippen LogP contribution is -2.11. The zero-order valence-corrected chi connectivity index (χ0v) is 11.2. The van der Waals surface area contributed by atoms with Crippen LogP contribution < -0.4 is 4.74 Å². The Morgan fingerprint density at radius 1 is 0.955 bits per heavy atom. The number of Topliss-reactive ketones (excluding diaryl/α,β-unsaturated/α-hetero) is 1. The van der Waals surface area contributed by atoms with E-state index in [0.29, 0.717) is 12.1 Å². The van der Waals surface area contributed by atoms with E-state index >= 15 is 0 Å². The predicted octanol–water partition coefficient (Wildman–Crippen LogP) is 4.98. The minimum atomic E-state index is -4.74. The minimum Gasteiger partial charge on any atom is -0.457 e. The molecule has 0 spiro atoms. The van der Waals surface area contributed by atoms with Crippen molar-refractivity contribution < 1.29 is 31.5 Å². The lowest BCUT2D eigenvalue weighted by molar-refractivity contribution is -0.138. The molecule has 2 nitrogen and oxygen atoms in total. The summed E-state index contributed by atoms with van der Waals surface area (Å²) in [5.41, 5.74) is -1.65. The maximum atomic E-state index is 13.0. The fourth-order valence-corrected chi connectivity index (χ4v) is 1.80. The number of carbonyl (C=O) groups excluding carboxylic acids is 1. The van der Waals surface area contributed by atoms with Crippen LogP contribution in [0.25, 0.3) is 0 Å². The van der Waals surface area contributed by atoms with Gasteiger partial charge in [-0.2, -0.15) is 13.2 Å². The van der Waals surface area contributed by atoms with Crippen molar-refractivity contribution >= 4 is 5.78 Å². The van der Waals surface area contributed by atoms with Crippen molar-refractivity contribution in [3.63, 3.8) is 0 Å². The maximum Gasteiger partial charge on any atom is 0.417 e. The Bertz CT molecular complexity index is 722. The Kier molecular flexibility index (Phi) is 4.16. The molecule has 0 amide bonds. The van der Waals surface area contributed by atoms with Gasteiger partial charge in [0.15, 0.2) is 17.4 Å². The van der Waals surface area contributed by atoms with Gasteiger partial charge in [-0.1, -0.05) is 0 Å². The van der Waals surface area contributed by atoms with Gasteiger partial charge in [-0.3, -0.25) is 4.79 Å². The quantitative estimate of drug-likeness (QED) is 0.590. The first-order valence-corrected chi connectivity index (χ1v) is 6.03. The van der Waals surface area contributed by atoms with Gasteiger partial charge in [0, 0.05) is 11.6 Å². The molecule has 0 saturated heterocycles. The highest BCUT2D eigenvalue weighted by molar-refractivity contribution is 5.96. The van der Waals surface area contributed by atoms with Crippen LogP contribution in [0.15, 0.2) is 36.4 Å². The van der Waals surface area contributed by atoms with E-state index < -0.39 is 34.7 Å². The molecule has 0 aromatic heterocycles. The summed E-state index contributed by atoms with van der Waals surface area (Å²) in [6.07, 6.45) is -4.74. The molecule has 0 unspecified atom stereocenters. The highest BCUT2D eigenvalue weighted by atomic mass is 19.4. The molecule has 2 aromatic carbocycles. The summed E-state index contributed by atoms with van der Waals surface area (Å²) in [6, 6.07) is 5.33. The third-order valence-corrected chi connectivity index (χ3v) is 2.80. The van der Waals surface area contributed by atoms with Gasteiger partial charge in [-0.15, -0.1) is 0 Å². The van der Waals surface area contributed by atoms with Gasteiger partial charge in [-0.05, 0) is 37.3 Å². The smallest absolute Gasteiger partial charge is 0.417 e. The van der Waals surface area contributed by atoms with Crippen molar-refractivity contribution in [1.29, 1.82) is 0 Å². The number of hydrogen-bond donors (Lipinski definition) is 0. The number of alkyl halides is 3. The monoisotopic (exact) mass is 316 g/mol. The van der Waals surface area contributed by atoms with E-state index in [1.807, 2.05) is 0 Å². The predicted molar refractivity (Wildman–Crippen MR) is 67.9 cm³/mol. The van der Waals surface area contributed by atoms with Gasteiger partial charge in [-0.25, -0.2) is 8.78 Å². The van der Waals surface area contributed by atoms with E-state index in [1.54, 1.807) is 0 Å². The largest absolute Gasteiger partial charge is 0.457 e. The van der Waals surface area contributed by atoms with E-state index in [0.717, 1.165) is 31.2 Å². The molecule has 0 aliphatic heterocycles. The van der Waals surface area contributed by atoms with Crippen LogP contribution in [-0.2, 0) is 6.18 Å². The summed E-state index contributed by atoms with van der Waals surface area (Å²) in [6.45, 7) is 1.01. The van der Waals surface area contributed by atoms with Gasteiger partial charge in [0.2, 0.25) is 0 Å². The molecule has 0 N–H and O–H groups in total. The van der Waals surface area contributed by atoms with Gasteiger partial charge in [0.25, 0.3) is 0 Å². The normalized spacial score (nSPS) is 11.4. The molecule has 0 radical (unpaired) electrons. The standard InChI is InChI=1S/C15H9F5O2/c1-8(21)11-4-2-9(6-12(11)15(18,19)20)22-10-3-5-13(16)14(17)7-10/h2-7H,1H3. The number of carbonyl (C=O) groups is 1. The van der Waals surface area contributed by atoms with Crippen molar-refractivity contribution in [2.75, 3.05) is 0 Å². The minimum absolute atomic E-state index is 0.164. The molecule has 0 fully saturated rings. The van der Waals surface area contributed by atoms with Gasteiger partial charge >= 0.3 is 6.18 Å². The Hall–Kier alpha value is -2.44. The van der Waals surface area contributed by atoms with Crippen molar-refractivity contribution in [3.8, 4) is 11.5 Å². The van der Waals surface area contributed by atoms with Crippen LogP contribution in [0.4, 0.5) is 22.0 Å². The summed E-state index contributed by atoms with van der Waals surface area (Å²) in [5, 5.41) is 0. The van der Waals surface area contributed by atoms with Crippen molar-refractivity contribution in [3.05, 3.63) is 59.2 Å². The molecule has 22 heavy (non-hydrogen) atoms. The third kappa shape index (κ3) is 3.41. The molecule has 0 bridgehead atoms. The van der Waals surface area contributed by atoms with Crippen LogP contribution in [0.5, 0.6) is 11.5 Å². The number of hydrogen-bond acceptors (Lipinski definition) is 2. The average Bonchev–Trinajstić information content (AvgIpc) is 2.41. The van der Waals surface area contributed by atoms with Crippen LogP contribution >= 0.6 is 0 Å². The summed E-state index contributed by atoms with van der Waals surface area (Å²) in [4.78, 5) is 11.2. The molecular formula is C15H9F5O2. The van der Waals surface area contributed by atoms with Crippen molar-refractivity contribution in [1.82, 2.24) is 0 Å². The fraction of sp³-hybridized carbons (Fsp3) is 0.133. The zero-order chi connectivity index (χ0) is 16.5. The third-order valence-electron chi connectivity index (χ3n) is 2.80. The number of rotatable bonds is 3. The van der Waals surface area contributed by atoms with Crippen LogP contribution in [0.2, 0.25) is 0 Å². The molecule has 0 heterocycles. The van der Waals surface area contributed by atoms with Crippen LogP contribution in [0.3, 0.4) is 0 Å². The molecule has 2 aromatic rings. The Morgan fingerprint density at radius 2 is 1.55 bits per heavy atom. The molecule has 7 heteroatoms.